The molecule has 0 fully saturated rings. The maximum absolute atomic E-state index is 5.87. The van der Waals surface area contributed by atoms with Crippen LogP contribution in [0.3, 0.4) is 0 Å². The lowest BCUT2D eigenvalue weighted by atomic mass is 10.3. The standard InChI is InChI=1S/C11H13N7O/c1-6-3-8(14-5-13-6)18-11-9(10(12)15-16-11)7(17-18)4-19-2/h3,5H,4H2,1-2H3,(H3,12,15,16). The van der Waals surface area contributed by atoms with Crippen LogP contribution in [0.4, 0.5) is 5.82 Å². The first-order valence-corrected chi connectivity index (χ1v) is 5.70. The van der Waals surface area contributed by atoms with Crippen molar-refractivity contribution in [3.8, 4) is 5.82 Å². The van der Waals surface area contributed by atoms with Crippen molar-refractivity contribution in [3.63, 3.8) is 0 Å². The number of ether oxygens (including phenoxy) is 1. The normalized spacial score (nSPS) is 11.3. The molecular formula is C11H13N7O. The van der Waals surface area contributed by atoms with Gasteiger partial charge in [0.05, 0.1) is 12.0 Å². The van der Waals surface area contributed by atoms with Crippen molar-refractivity contribution < 1.29 is 4.74 Å². The Morgan fingerprint density at radius 3 is 3.00 bits per heavy atom. The highest BCUT2D eigenvalue weighted by Gasteiger charge is 2.18. The van der Waals surface area contributed by atoms with E-state index in [-0.39, 0.29) is 0 Å². The Morgan fingerprint density at radius 1 is 1.42 bits per heavy atom. The van der Waals surface area contributed by atoms with Crippen LogP contribution >= 0.6 is 0 Å². The summed E-state index contributed by atoms with van der Waals surface area (Å²) in [4.78, 5) is 8.26. The Labute approximate surface area is 108 Å². The highest BCUT2D eigenvalue weighted by molar-refractivity contribution is 5.89. The number of nitrogen functional groups attached to an aromatic ring is 1. The van der Waals surface area contributed by atoms with Gasteiger partial charge in [-0.15, -0.1) is 0 Å². The van der Waals surface area contributed by atoms with Crippen LogP contribution in [0, 0.1) is 6.92 Å². The summed E-state index contributed by atoms with van der Waals surface area (Å²) in [6.07, 6.45) is 1.49. The summed E-state index contributed by atoms with van der Waals surface area (Å²) < 4.78 is 6.76. The molecule has 0 aliphatic rings. The zero-order chi connectivity index (χ0) is 13.4. The molecule has 0 aromatic carbocycles. The highest BCUT2D eigenvalue weighted by atomic mass is 16.5. The van der Waals surface area contributed by atoms with Gasteiger partial charge in [-0.3, -0.25) is 5.10 Å². The molecule has 0 aliphatic heterocycles. The molecule has 3 aromatic heterocycles. The SMILES string of the molecule is COCc1nn(-c2cc(C)ncn2)c2n[nH]c(N)c12. The minimum absolute atomic E-state index is 0.358. The number of aromatic amines is 1. The number of hydrogen-bond acceptors (Lipinski definition) is 6. The second-order valence-electron chi connectivity index (χ2n) is 4.14. The molecule has 3 heterocycles. The van der Waals surface area contributed by atoms with Crippen molar-refractivity contribution in [2.24, 2.45) is 0 Å². The first-order chi connectivity index (χ1) is 9.20. The number of H-pyrrole nitrogens is 1. The molecule has 8 nitrogen and oxygen atoms in total. The van der Waals surface area contributed by atoms with Crippen molar-refractivity contribution in [2.45, 2.75) is 13.5 Å². The molecule has 0 unspecified atom stereocenters. The number of methoxy groups -OCH3 is 1. The predicted octanol–water partition coefficient (Wildman–Crippen LogP) is 0.576. The molecule has 19 heavy (non-hydrogen) atoms. The topological polar surface area (TPSA) is 108 Å². The van der Waals surface area contributed by atoms with Crippen LogP contribution in [-0.4, -0.2) is 37.1 Å². The van der Waals surface area contributed by atoms with Crippen molar-refractivity contribution in [1.82, 2.24) is 29.9 Å². The molecular weight excluding hydrogens is 246 g/mol. The van der Waals surface area contributed by atoms with Crippen LogP contribution in [0.1, 0.15) is 11.4 Å². The lowest BCUT2D eigenvalue weighted by molar-refractivity contribution is 0.182. The highest BCUT2D eigenvalue weighted by Crippen LogP contribution is 2.24. The van der Waals surface area contributed by atoms with E-state index >= 15 is 0 Å². The maximum Gasteiger partial charge on any atom is 0.188 e. The third-order valence-electron chi connectivity index (χ3n) is 2.77. The van der Waals surface area contributed by atoms with Crippen LogP contribution in [0.15, 0.2) is 12.4 Å². The second kappa shape index (κ2) is 4.32. The fourth-order valence-electron chi connectivity index (χ4n) is 1.96. The number of nitrogens with zero attached hydrogens (tertiary/aromatic N) is 5. The summed E-state index contributed by atoms with van der Waals surface area (Å²) in [6.45, 7) is 2.25. The van der Waals surface area contributed by atoms with Gasteiger partial charge in [-0.2, -0.15) is 14.9 Å². The number of aryl methyl sites for hydroxylation is 1. The lowest BCUT2D eigenvalue weighted by Crippen LogP contribution is -2.02. The van der Waals surface area contributed by atoms with Crippen molar-refractivity contribution >= 4 is 16.9 Å². The first kappa shape index (κ1) is 11.6. The molecule has 0 amide bonds. The van der Waals surface area contributed by atoms with E-state index in [2.05, 4.69) is 25.3 Å². The Bertz CT molecular complexity index is 730. The fourth-order valence-corrected chi connectivity index (χ4v) is 1.96. The predicted molar refractivity (Wildman–Crippen MR) is 68.7 cm³/mol. The molecule has 3 aromatic rings. The van der Waals surface area contributed by atoms with E-state index in [0.29, 0.717) is 23.9 Å². The van der Waals surface area contributed by atoms with E-state index in [1.165, 1.54) is 6.33 Å². The minimum Gasteiger partial charge on any atom is -0.383 e. The van der Waals surface area contributed by atoms with Crippen LogP contribution in [0.5, 0.6) is 0 Å². The number of aromatic nitrogens is 6. The molecule has 98 valence electrons. The zero-order valence-electron chi connectivity index (χ0n) is 10.6. The molecule has 0 atom stereocenters. The van der Waals surface area contributed by atoms with Crippen LogP contribution < -0.4 is 5.73 Å². The van der Waals surface area contributed by atoms with E-state index < -0.39 is 0 Å². The number of hydrogen-bond donors (Lipinski definition) is 2. The van der Waals surface area contributed by atoms with Gasteiger partial charge in [0.2, 0.25) is 0 Å². The molecule has 0 bridgehead atoms. The molecule has 8 heteroatoms. The second-order valence-corrected chi connectivity index (χ2v) is 4.14. The third-order valence-corrected chi connectivity index (χ3v) is 2.77. The van der Waals surface area contributed by atoms with Crippen LogP contribution in [0.25, 0.3) is 16.9 Å². The number of nitrogens with two attached hydrogens (primary N) is 1. The van der Waals surface area contributed by atoms with Gasteiger partial charge in [-0.1, -0.05) is 0 Å². The van der Waals surface area contributed by atoms with Crippen LogP contribution in [-0.2, 0) is 11.3 Å². The number of nitrogens with one attached hydrogen (secondary N) is 1. The monoisotopic (exact) mass is 259 g/mol. The molecule has 3 rings (SSSR count). The third kappa shape index (κ3) is 1.82. The summed E-state index contributed by atoms with van der Waals surface area (Å²) in [6, 6.07) is 1.83. The van der Waals surface area contributed by atoms with Crippen molar-refractivity contribution in [1.29, 1.82) is 0 Å². The molecule has 0 spiro atoms. The summed E-state index contributed by atoms with van der Waals surface area (Å²) in [5, 5.41) is 12.1. The molecule has 3 N–H and O–H groups in total. The Balaban J connectivity index is 2.24. The molecule has 0 radical (unpaired) electrons. The quantitative estimate of drug-likeness (QED) is 0.712. The van der Waals surface area contributed by atoms with Gasteiger partial charge in [-0.25, -0.2) is 9.97 Å². The van der Waals surface area contributed by atoms with Gasteiger partial charge < -0.3 is 10.5 Å². The first-order valence-electron chi connectivity index (χ1n) is 5.70. The van der Waals surface area contributed by atoms with Gasteiger partial charge >= 0.3 is 0 Å². The molecule has 0 saturated carbocycles. The summed E-state index contributed by atoms with van der Waals surface area (Å²) in [7, 11) is 1.61. The summed E-state index contributed by atoms with van der Waals surface area (Å²) >= 11 is 0. The minimum atomic E-state index is 0.358. The smallest absolute Gasteiger partial charge is 0.188 e. The van der Waals surface area contributed by atoms with Crippen molar-refractivity contribution in [2.75, 3.05) is 12.8 Å². The van der Waals surface area contributed by atoms with Gasteiger partial charge in [0.1, 0.15) is 17.8 Å². The lowest BCUT2D eigenvalue weighted by Gasteiger charge is -2.00. The largest absolute Gasteiger partial charge is 0.383 e. The Kier molecular flexibility index (Phi) is 2.64. The van der Waals surface area contributed by atoms with Gasteiger partial charge in [-0.05, 0) is 6.92 Å². The number of anilines is 1. The van der Waals surface area contributed by atoms with Gasteiger partial charge in [0.25, 0.3) is 0 Å². The van der Waals surface area contributed by atoms with E-state index in [0.717, 1.165) is 16.8 Å². The van der Waals surface area contributed by atoms with E-state index in [1.807, 2.05) is 13.0 Å². The maximum atomic E-state index is 5.87. The molecule has 0 aliphatic carbocycles. The zero-order valence-corrected chi connectivity index (χ0v) is 10.6. The summed E-state index contributed by atoms with van der Waals surface area (Å²) in [5.74, 6) is 1.12. The van der Waals surface area contributed by atoms with Crippen LogP contribution in [0.2, 0.25) is 0 Å². The number of rotatable bonds is 3. The Hall–Kier alpha value is -2.48. The average molecular weight is 259 g/mol. The molecule has 0 saturated heterocycles. The number of fused-ring (bicyclic) bond motifs is 1. The average Bonchev–Trinajstić information content (AvgIpc) is 2.93. The van der Waals surface area contributed by atoms with E-state index in [4.69, 9.17) is 10.5 Å². The van der Waals surface area contributed by atoms with E-state index in [1.54, 1.807) is 11.8 Å². The fraction of sp³-hybridized carbons (Fsp3) is 0.273. The van der Waals surface area contributed by atoms with E-state index in [9.17, 15) is 0 Å². The van der Waals surface area contributed by atoms with Gasteiger partial charge in [0, 0.05) is 18.9 Å². The Morgan fingerprint density at radius 2 is 2.26 bits per heavy atom. The summed E-state index contributed by atoms with van der Waals surface area (Å²) in [5.41, 5.74) is 8.07. The van der Waals surface area contributed by atoms with Crippen molar-refractivity contribution in [3.05, 3.63) is 23.8 Å². The van der Waals surface area contributed by atoms with Gasteiger partial charge in [0.15, 0.2) is 11.5 Å².